The van der Waals surface area contributed by atoms with Crippen molar-refractivity contribution in [2.45, 2.75) is 39.3 Å². The molecule has 1 rings (SSSR count). The van der Waals surface area contributed by atoms with Crippen LogP contribution < -0.4 is 10.1 Å². The Hall–Kier alpha value is -1.13. The van der Waals surface area contributed by atoms with Crippen molar-refractivity contribution in [3.63, 3.8) is 0 Å². The largest absolute Gasteiger partial charge is 0.497 e. The van der Waals surface area contributed by atoms with E-state index in [2.05, 4.69) is 5.32 Å². The molecule has 2 atom stereocenters. The van der Waals surface area contributed by atoms with Crippen molar-refractivity contribution in [2.75, 3.05) is 13.7 Å². The van der Waals surface area contributed by atoms with Crippen LogP contribution in [0.25, 0.3) is 0 Å². The maximum absolute atomic E-state index is 13.9. The molecule has 0 aliphatic carbocycles. The summed E-state index contributed by atoms with van der Waals surface area (Å²) >= 11 is 0. The van der Waals surface area contributed by atoms with Gasteiger partial charge in [-0.15, -0.1) is 0 Å². The number of ether oxygens (including phenoxy) is 1. The molecule has 0 bridgehead atoms. The Balaban J connectivity index is 2.71. The lowest BCUT2D eigenvalue weighted by molar-refractivity contribution is 0.0121. The molecule has 19 heavy (non-hydrogen) atoms. The highest BCUT2D eigenvalue weighted by Gasteiger charge is 2.25. The molecule has 1 aromatic carbocycles. The fraction of sp³-hybridized carbons (Fsp3) is 0.600. The average molecular weight is 269 g/mol. The highest BCUT2D eigenvalue weighted by atomic mass is 19.1. The van der Waals surface area contributed by atoms with Crippen molar-refractivity contribution < 1.29 is 14.2 Å². The normalized spacial score (nSPS) is 16.2. The summed E-state index contributed by atoms with van der Waals surface area (Å²) in [5.41, 5.74) is -0.239. The van der Waals surface area contributed by atoms with Gasteiger partial charge >= 0.3 is 0 Å². The van der Waals surface area contributed by atoms with Crippen LogP contribution in [0.5, 0.6) is 5.75 Å². The third-order valence-electron chi connectivity index (χ3n) is 3.68. The molecule has 0 fully saturated rings. The first-order valence-electron chi connectivity index (χ1n) is 6.57. The second-order valence-electron chi connectivity index (χ2n) is 5.50. The summed E-state index contributed by atoms with van der Waals surface area (Å²) in [5.74, 6) is 0.332. The monoisotopic (exact) mass is 269 g/mol. The van der Waals surface area contributed by atoms with E-state index in [1.165, 1.54) is 13.2 Å². The lowest BCUT2D eigenvalue weighted by Gasteiger charge is -2.29. The molecular formula is C15H24FNO2. The summed E-state index contributed by atoms with van der Waals surface area (Å²) in [6.07, 6.45) is 0. The molecule has 0 aliphatic rings. The zero-order valence-electron chi connectivity index (χ0n) is 12.3. The van der Waals surface area contributed by atoms with Crippen LogP contribution in [-0.2, 0) is 0 Å². The van der Waals surface area contributed by atoms with Gasteiger partial charge in [0, 0.05) is 24.2 Å². The van der Waals surface area contributed by atoms with Crippen molar-refractivity contribution in [3.8, 4) is 5.75 Å². The van der Waals surface area contributed by atoms with Crippen LogP contribution in [0.1, 0.15) is 39.3 Å². The number of hydrogen-bond acceptors (Lipinski definition) is 3. The van der Waals surface area contributed by atoms with Crippen molar-refractivity contribution in [1.29, 1.82) is 0 Å². The quantitative estimate of drug-likeness (QED) is 0.834. The Morgan fingerprint density at radius 3 is 2.47 bits per heavy atom. The molecule has 2 unspecified atom stereocenters. The van der Waals surface area contributed by atoms with Crippen molar-refractivity contribution in [2.24, 2.45) is 5.92 Å². The molecule has 0 aromatic heterocycles. The lowest BCUT2D eigenvalue weighted by atomic mass is 9.92. The molecular weight excluding hydrogens is 245 g/mol. The Morgan fingerprint density at radius 1 is 1.37 bits per heavy atom. The van der Waals surface area contributed by atoms with Gasteiger partial charge in [0.1, 0.15) is 11.6 Å². The fourth-order valence-electron chi connectivity index (χ4n) is 1.66. The Labute approximate surface area is 114 Å². The second kappa shape index (κ2) is 6.35. The first-order valence-corrected chi connectivity index (χ1v) is 6.57. The fourth-order valence-corrected chi connectivity index (χ4v) is 1.66. The van der Waals surface area contributed by atoms with Crippen LogP contribution in [0, 0.1) is 11.7 Å². The van der Waals surface area contributed by atoms with Gasteiger partial charge in [-0.05, 0) is 25.8 Å². The van der Waals surface area contributed by atoms with E-state index in [0.29, 0.717) is 17.9 Å². The van der Waals surface area contributed by atoms with Crippen LogP contribution in [-0.4, -0.2) is 24.4 Å². The van der Waals surface area contributed by atoms with Gasteiger partial charge in [-0.1, -0.05) is 19.9 Å². The molecule has 0 spiro atoms. The summed E-state index contributed by atoms with van der Waals surface area (Å²) < 4.78 is 18.9. The van der Waals surface area contributed by atoms with Gasteiger partial charge in [-0.25, -0.2) is 4.39 Å². The van der Waals surface area contributed by atoms with E-state index >= 15 is 0 Å². The third-order valence-corrected chi connectivity index (χ3v) is 3.68. The van der Waals surface area contributed by atoms with Crippen LogP contribution in [0.15, 0.2) is 18.2 Å². The summed E-state index contributed by atoms with van der Waals surface area (Å²) in [6.45, 7) is 7.99. The van der Waals surface area contributed by atoms with E-state index in [1.54, 1.807) is 19.1 Å². The Morgan fingerprint density at radius 2 is 2.00 bits per heavy atom. The minimum Gasteiger partial charge on any atom is -0.497 e. The highest BCUT2D eigenvalue weighted by Crippen LogP contribution is 2.23. The molecule has 0 saturated carbocycles. The van der Waals surface area contributed by atoms with E-state index in [4.69, 9.17) is 4.74 Å². The topological polar surface area (TPSA) is 41.5 Å². The summed E-state index contributed by atoms with van der Waals surface area (Å²) in [4.78, 5) is 0. The first kappa shape index (κ1) is 15.9. The first-order chi connectivity index (χ1) is 8.77. The smallest absolute Gasteiger partial charge is 0.131 e. The average Bonchev–Trinajstić information content (AvgIpc) is 2.35. The van der Waals surface area contributed by atoms with Gasteiger partial charge in [0.2, 0.25) is 0 Å². The minimum atomic E-state index is -0.808. The Bertz CT molecular complexity index is 419. The number of rotatable bonds is 6. The van der Waals surface area contributed by atoms with Crippen molar-refractivity contribution >= 4 is 0 Å². The lowest BCUT2D eigenvalue weighted by Crippen LogP contribution is -2.43. The van der Waals surface area contributed by atoms with E-state index in [-0.39, 0.29) is 17.8 Å². The number of methoxy groups -OCH3 is 1. The molecule has 0 aliphatic heterocycles. The van der Waals surface area contributed by atoms with Crippen LogP contribution in [0.2, 0.25) is 0 Å². The van der Waals surface area contributed by atoms with Gasteiger partial charge in [-0.3, -0.25) is 0 Å². The standard InChI is InChI=1S/C15H24FNO2/c1-10(2)15(4,18)9-17-11(3)13-7-6-12(19-5)8-14(13)16/h6-8,10-11,17-18H,9H2,1-5H3. The maximum Gasteiger partial charge on any atom is 0.131 e. The van der Waals surface area contributed by atoms with Gasteiger partial charge in [-0.2, -0.15) is 0 Å². The molecule has 3 nitrogen and oxygen atoms in total. The van der Waals surface area contributed by atoms with Gasteiger partial charge in [0.25, 0.3) is 0 Å². The molecule has 0 radical (unpaired) electrons. The predicted molar refractivity (Wildman–Crippen MR) is 74.8 cm³/mol. The summed E-state index contributed by atoms with van der Waals surface area (Å²) in [7, 11) is 1.51. The van der Waals surface area contributed by atoms with Crippen molar-refractivity contribution in [3.05, 3.63) is 29.6 Å². The number of nitrogens with one attached hydrogen (secondary N) is 1. The molecule has 2 N–H and O–H groups in total. The number of aliphatic hydroxyl groups is 1. The molecule has 0 saturated heterocycles. The van der Waals surface area contributed by atoms with E-state index in [9.17, 15) is 9.50 Å². The van der Waals surface area contributed by atoms with E-state index in [1.807, 2.05) is 20.8 Å². The van der Waals surface area contributed by atoms with E-state index in [0.717, 1.165) is 0 Å². The molecule has 0 heterocycles. The zero-order chi connectivity index (χ0) is 14.6. The van der Waals surface area contributed by atoms with Crippen LogP contribution >= 0.6 is 0 Å². The van der Waals surface area contributed by atoms with Gasteiger partial charge < -0.3 is 15.2 Å². The molecule has 4 heteroatoms. The van der Waals surface area contributed by atoms with Crippen LogP contribution in [0.4, 0.5) is 4.39 Å². The Kier molecular flexibility index (Phi) is 5.32. The number of benzene rings is 1. The number of hydrogen-bond donors (Lipinski definition) is 2. The van der Waals surface area contributed by atoms with E-state index < -0.39 is 5.60 Å². The molecule has 1 aromatic rings. The SMILES string of the molecule is COc1ccc(C(C)NCC(C)(O)C(C)C)c(F)c1. The predicted octanol–water partition coefficient (Wildman–Crippen LogP) is 2.89. The molecule has 108 valence electrons. The van der Waals surface area contributed by atoms with Gasteiger partial charge in [0.15, 0.2) is 0 Å². The number of halogens is 1. The second-order valence-corrected chi connectivity index (χ2v) is 5.50. The maximum atomic E-state index is 13.9. The van der Waals surface area contributed by atoms with Gasteiger partial charge in [0.05, 0.1) is 12.7 Å². The van der Waals surface area contributed by atoms with Crippen LogP contribution in [0.3, 0.4) is 0 Å². The summed E-state index contributed by atoms with van der Waals surface area (Å²) in [5, 5.41) is 13.3. The highest BCUT2D eigenvalue weighted by molar-refractivity contribution is 5.30. The summed E-state index contributed by atoms with van der Waals surface area (Å²) in [6, 6.07) is 4.64. The third kappa shape index (κ3) is 4.18. The molecule has 0 amide bonds. The van der Waals surface area contributed by atoms with Crippen molar-refractivity contribution in [1.82, 2.24) is 5.32 Å². The zero-order valence-corrected chi connectivity index (χ0v) is 12.3. The minimum absolute atomic E-state index is 0.132.